The molecular formula is C22H23NO4Si. The second-order valence-electron chi connectivity index (χ2n) is 6.76. The van der Waals surface area contributed by atoms with E-state index in [1.54, 1.807) is 6.07 Å². The second-order valence-corrected chi connectivity index (χ2v) is 10.3. The smallest absolute Gasteiger partial charge is 0.278 e. The van der Waals surface area contributed by atoms with Crippen molar-refractivity contribution >= 4 is 24.4 Å². The van der Waals surface area contributed by atoms with Gasteiger partial charge in [0.15, 0.2) is 0 Å². The first kappa shape index (κ1) is 19.8. The van der Waals surface area contributed by atoms with Gasteiger partial charge in [-0.05, 0) is 35.5 Å². The van der Waals surface area contributed by atoms with Crippen molar-refractivity contribution in [3.8, 4) is 5.75 Å². The maximum absolute atomic E-state index is 11.6. The van der Waals surface area contributed by atoms with Gasteiger partial charge in [-0.3, -0.25) is 10.1 Å². The molecule has 6 heteroatoms. The van der Waals surface area contributed by atoms with Crippen LogP contribution in [-0.2, 0) is 11.0 Å². The molecule has 0 spiro atoms. The van der Waals surface area contributed by atoms with Gasteiger partial charge in [0.1, 0.15) is 5.75 Å². The first-order chi connectivity index (χ1) is 13.5. The first-order valence-corrected chi connectivity index (χ1v) is 11.4. The number of rotatable bonds is 7. The summed E-state index contributed by atoms with van der Waals surface area (Å²) < 4.78 is 11.7. The third kappa shape index (κ3) is 3.98. The first-order valence-electron chi connectivity index (χ1n) is 9.02. The molecule has 0 radical (unpaired) electrons. The fourth-order valence-electron chi connectivity index (χ4n) is 3.31. The van der Waals surface area contributed by atoms with Crippen molar-refractivity contribution < 1.29 is 14.1 Å². The Morgan fingerprint density at radius 1 is 0.964 bits per heavy atom. The molecule has 0 fully saturated rings. The molecule has 3 aromatic rings. The van der Waals surface area contributed by atoms with Gasteiger partial charge in [0.05, 0.1) is 30.3 Å². The molecule has 0 bridgehead atoms. The summed E-state index contributed by atoms with van der Waals surface area (Å²) in [6.07, 6.45) is 0. The Labute approximate surface area is 165 Å². The molecule has 0 heterocycles. The van der Waals surface area contributed by atoms with Crippen LogP contribution in [0, 0.1) is 17.0 Å². The maximum atomic E-state index is 11.6. The highest BCUT2D eigenvalue weighted by Crippen LogP contribution is 2.29. The van der Waals surface area contributed by atoms with Gasteiger partial charge in [-0.1, -0.05) is 60.7 Å². The minimum Gasteiger partial charge on any atom is -0.496 e. The number of nitrogens with zero attached hydrogens (tertiary/aromatic N) is 1. The van der Waals surface area contributed by atoms with Crippen LogP contribution in [0.15, 0.2) is 72.8 Å². The van der Waals surface area contributed by atoms with Gasteiger partial charge in [0.25, 0.3) is 14.0 Å². The van der Waals surface area contributed by atoms with E-state index in [0.29, 0.717) is 11.3 Å². The molecule has 0 aliphatic carbocycles. The monoisotopic (exact) mass is 393 g/mol. The van der Waals surface area contributed by atoms with Crippen LogP contribution < -0.4 is 15.1 Å². The molecule has 3 rings (SSSR count). The summed E-state index contributed by atoms with van der Waals surface area (Å²) >= 11 is 0. The highest BCUT2D eigenvalue weighted by Gasteiger charge is 2.34. The second kappa shape index (κ2) is 8.37. The minimum atomic E-state index is -2.54. The number of hydrogen-bond donors (Lipinski definition) is 0. The summed E-state index contributed by atoms with van der Waals surface area (Å²) in [7, 11) is -1.02. The van der Waals surface area contributed by atoms with Gasteiger partial charge in [0, 0.05) is 0 Å². The summed E-state index contributed by atoms with van der Waals surface area (Å²) in [6.45, 7) is 4.16. The summed E-state index contributed by atoms with van der Waals surface area (Å²) in [5.74, 6) is 0.501. The van der Waals surface area contributed by atoms with E-state index in [4.69, 9.17) is 9.16 Å². The van der Waals surface area contributed by atoms with Crippen molar-refractivity contribution in [2.45, 2.75) is 20.1 Å². The molecule has 0 amide bonds. The third-order valence-corrected chi connectivity index (χ3v) is 8.55. The molecule has 0 unspecified atom stereocenters. The number of nitro groups is 1. The van der Waals surface area contributed by atoms with E-state index < -0.39 is 8.32 Å². The largest absolute Gasteiger partial charge is 0.496 e. The van der Waals surface area contributed by atoms with Crippen LogP contribution in [0.4, 0.5) is 5.69 Å². The lowest BCUT2D eigenvalue weighted by molar-refractivity contribution is -0.385. The SMILES string of the molecule is COc1cc([N+](=O)[O-])c(CO[Si](C)(c2ccccc2)c2ccccc2)cc1C. The molecule has 0 aliphatic heterocycles. The molecule has 144 valence electrons. The lowest BCUT2D eigenvalue weighted by Gasteiger charge is -2.28. The molecule has 3 aromatic carbocycles. The average Bonchev–Trinajstić information content (AvgIpc) is 2.73. The van der Waals surface area contributed by atoms with Crippen molar-refractivity contribution in [3.63, 3.8) is 0 Å². The van der Waals surface area contributed by atoms with Crippen LogP contribution in [0.25, 0.3) is 0 Å². The van der Waals surface area contributed by atoms with Gasteiger partial charge in [-0.25, -0.2) is 0 Å². The third-order valence-electron chi connectivity index (χ3n) is 4.96. The van der Waals surface area contributed by atoms with Crippen LogP contribution in [0.2, 0.25) is 6.55 Å². The minimum absolute atomic E-state index is 0.0138. The van der Waals surface area contributed by atoms with E-state index in [1.807, 2.05) is 43.3 Å². The molecule has 0 atom stereocenters. The molecule has 0 aromatic heterocycles. The number of nitro benzene ring substituents is 1. The quantitative estimate of drug-likeness (QED) is 0.348. The zero-order valence-electron chi connectivity index (χ0n) is 16.2. The van der Waals surface area contributed by atoms with E-state index in [-0.39, 0.29) is 17.2 Å². The van der Waals surface area contributed by atoms with Gasteiger partial charge >= 0.3 is 0 Å². The van der Waals surface area contributed by atoms with E-state index in [0.717, 1.165) is 15.9 Å². The Kier molecular flexibility index (Phi) is 5.92. The van der Waals surface area contributed by atoms with Crippen LogP contribution >= 0.6 is 0 Å². The predicted molar refractivity (Wildman–Crippen MR) is 113 cm³/mol. The Morgan fingerprint density at radius 3 is 1.96 bits per heavy atom. The lowest BCUT2D eigenvalue weighted by atomic mass is 10.1. The van der Waals surface area contributed by atoms with Crippen LogP contribution in [-0.4, -0.2) is 20.4 Å². The van der Waals surface area contributed by atoms with Crippen LogP contribution in [0.1, 0.15) is 11.1 Å². The summed E-state index contributed by atoms with van der Waals surface area (Å²) in [5.41, 5.74) is 1.41. The molecule has 28 heavy (non-hydrogen) atoms. The van der Waals surface area contributed by atoms with Gasteiger partial charge in [-0.15, -0.1) is 0 Å². The van der Waals surface area contributed by atoms with Crippen LogP contribution in [0.5, 0.6) is 5.75 Å². The fraction of sp³-hybridized carbons (Fsp3) is 0.182. The molecule has 0 aliphatic rings. The lowest BCUT2D eigenvalue weighted by Crippen LogP contribution is -2.58. The predicted octanol–water partition coefficient (Wildman–Crippen LogP) is 3.82. The van der Waals surface area contributed by atoms with Crippen molar-refractivity contribution in [2.75, 3.05) is 7.11 Å². The zero-order chi connectivity index (χ0) is 20.1. The molecule has 0 N–H and O–H groups in total. The van der Waals surface area contributed by atoms with E-state index in [1.165, 1.54) is 13.2 Å². The summed E-state index contributed by atoms with van der Waals surface area (Å²) in [4.78, 5) is 11.2. The summed E-state index contributed by atoms with van der Waals surface area (Å²) in [6, 6.07) is 23.4. The fourth-order valence-corrected chi connectivity index (χ4v) is 6.08. The van der Waals surface area contributed by atoms with E-state index in [9.17, 15) is 10.1 Å². The normalized spacial score (nSPS) is 11.2. The Morgan fingerprint density at radius 2 is 1.50 bits per heavy atom. The number of ether oxygens (including phenoxy) is 1. The van der Waals surface area contributed by atoms with Crippen molar-refractivity contribution in [3.05, 3.63) is 94.0 Å². The maximum Gasteiger partial charge on any atom is 0.278 e. The molecule has 0 saturated heterocycles. The highest BCUT2D eigenvalue weighted by atomic mass is 28.4. The number of hydrogen-bond acceptors (Lipinski definition) is 4. The number of aryl methyl sites for hydroxylation is 1. The standard InChI is InChI=1S/C22H23NO4Si/c1-17-14-18(21(23(24)25)15-22(17)26-2)16-27-28(3,19-10-6-4-7-11-19)20-12-8-5-9-13-20/h4-15H,16H2,1-3H3. The zero-order valence-corrected chi connectivity index (χ0v) is 17.2. The summed E-state index contributed by atoms with van der Waals surface area (Å²) in [5, 5.41) is 13.8. The Bertz CT molecular complexity index is 922. The topological polar surface area (TPSA) is 61.6 Å². The molecule has 5 nitrogen and oxygen atoms in total. The van der Waals surface area contributed by atoms with Crippen molar-refractivity contribution in [2.24, 2.45) is 0 Å². The highest BCUT2D eigenvalue weighted by molar-refractivity contribution is 6.96. The van der Waals surface area contributed by atoms with Gasteiger partial charge in [0.2, 0.25) is 0 Å². The van der Waals surface area contributed by atoms with Crippen molar-refractivity contribution in [1.82, 2.24) is 0 Å². The Hall–Kier alpha value is -2.96. The van der Waals surface area contributed by atoms with E-state index >= 15 is 0 Å². The van der Waals surface area contributed by atoms with Crippen molar-refractivity contribution in [1.29, 1.82) is 0 Å². The number of benzene rings is 3. The average molecular weight is 394 g/mol. The molecular weight excluding hydrogens is 370 g/mol. The van der Waals surface area contributed by atoms with Gasteiger partial charge < -0.3 is 9.16 Å². The Balaban J connectivity index is 2.00. The van der Waals surface area contributed by atoms with Crippen LogP contribution in [0.3, 0.4) is 0 Å². The molecule has 0 saturated carbocycles. The van der Waals surface area contributed by atoms with E-state index in [2.05, 4.69) is 30.8 Å². The number of methoxy groups -OCH3 is 1. The van der Waals surface area contributed by atoms with Gasteiger partial charge in [-0.2, -0.15) is 0 Å².